The highest BCUT2D eigenvalue weighted by Gasteiger charge is 2.39. The van der Waals surface area contributed by atoms with Crippen LogP contribution in [0.3, 0.4) is 0 Å². The van der Waals surface area contributed by atoms with Crippen molar-refractivity contribution in [3.8, 4) is 0 Å². The first-order chi connectivity index (χ1) is 5.20. The molecule has 0 saturated carbocycles. The molecule has 2 heterocycles. The number of hydrogen-bond acceptors (Lipinski definition) is 1. The summed E-state index contributed by atoms with van der Waals surface area (Å²) in [5.74, 6) is 0. The average Bonchev–Trinajstić information content (AvgIpc) is 1.99. The third-order valence-electron chi connectivity index (χ3n) is 3.19. The molecule has 0 aromatic heterocycles. The van der Waals surface area contributed by atoms with Crippen molar-refractivity contribution in [3.63, 3.8) is 0 Å². The van der Waals surface area contributed by atoms with E-state index in [1.165, 1.54) is 12.8 Å². The molecule has 64 valence electrons. The molecule has 2 aliphatic rings. The van der Waals surface area contributed by atoms with E-state index in [4.69, 9.17) is 0 Å². The molecule has 0 amide bonds. The summed E-state index contributed by atoms with van der Waals surface area (Å²) >= 11 is 0. The zero-order valence-corrected chi connectivity index (χ0v) is 7.07. The maximum atomic E-state index is 13.2. The van der Waals surface area contributed by atoms with Gasteiger partial charge in [0.2, 0.25) is 0 Å². The Balaban J connectivity index is 2.09. The summed E-state index contributed by atoms with van der Waals surface area (Å²) in [7, 11) is 0. The SMILES string of the molecule is C[C@@]12CCC[C@@H](N1)[C@H](F)CC2. The Kier molecular flexibility index (Phi) is 1.67. The van der Waals surface area contributed by atoms with Gasteiger partial charge >= 0.3 is 0 Å². The van der Waals surface area contributed by atoms with Gasteiger partial charge in [0, 0.05) is 11.6 Å². The van der Waals surface area contributed by atoms with Gasteiger partial charge in [0.1, 0.15) is 6.17 Å². The first-order valence-electron chi connectivity index (χ1n) is 4.61. The quantitative estimate of drug-likeness (QED) is 0.567. The molecule has 0 radical (unpaired) electrons. The maximum Gasteiger partial charge on any atom is 0.115 e. The predicted octanol–water partition coefficient (Wildman–Crippen LogP) is 2.02. The van der Waals surface area contributed by atoms with Crippen LogP contribution in [0.1, 0.15) is 39.0 Å². The lowest BCUT2D eigenvalue weighted by Gasteiger charge is -2.45. The first-order valence-corrected chi connectivity index (χ1v) is 4.61. The Morgan fingerprint density at radius 1 is 1.36 bits per heavy atom. The zero-order chi connectivity index (χ0) is 7.90. The van der Waals surface area contributed by atoms with Crippen molar-refractivity contribution in [2.24, 2.45) is 0 Å². The Morgan fingerprint density at radius 3 is 2.91 bits per heavy atom. The number of alkyl halides is 1. The fraction of sp³-hybridized carbons (Fsp3) is 1.00. The van der Waals surface area contributed by atoms with Crippen LogP contribution < -0.4 is 5.32 Å². The Morgan fingerprint density at radius 2 is 2.18 bits per heavy atom. The number of hydrogen-bond donors (Lipinski definition) is 1. The van der Waals surface area contributed by atoms with E-state index < -0.39 is 6.17 Å². The van der Waals surface area contributed by atoms with E-state index in [-0.39, 0.29) is 11.6 Å². The molecule has 0 aromatic carbocycles. The molecule has 0 spiro atoms. The molecule has 0 unspecified atom stereocenters. The molecule has 1 N–H and O–H groups in total. The second-order valence-corrected chi connectivity index (χ2v) is 4.26. The second-order valence-electron chi connectivity index (χ2n) is 4.26. The van der Waals surface area contributed by atoms with Crippen molar-refractivity contribution in [3.05, 3.63) is 0 Å². The summed E-state index contributed by atoms with van der Waals surface area (Å²) in [5, 5.41) is 3.40. The third kappa shape index (κ3) is 1.28. The number of halogens is 1. The van der Waals surface area contributed by atoms with Gasteiger partial charge in [-0.3, -0.25) is 0 Å². The van der Waals surface area contributed by atoms with Gasteiger partial charge in [-0.05, 0) is 39.0 Å². The molecule has 11 heavy (non-hydrogen) atoms. The minimum atomic E-state index is -0.580. The van der Waals surface area contributed by atoms with E-state index in [0.717, 1.165) is 19.3 Å². The van der Waals surface area contributed by atoms with Crippen molar-refractivity contribution < 1.29 is 4.39 Å². The van der Waals surface area contributed by atoms with E-state index in [1.54, 1.807) is 0 Å². The van der Waals surface area contributed by atoms with Crippen LogP contribution in [-0.2, 0) is 0 Å². The van der Waals surface area contributed by atoms with Gasteiger partial charge in [0.05, 0.1) is 0 Å². The predicted molar refractivity (Wildman–Crippen MR) is 43.3 cm³/mol. The summed E-state index contributed by atoms with van der Waals surface area (Å²) in [6.07, 6.45) is 4.68. The van der Waals surface area contributed by atoms with Gasteiger partial charge in [0.15, 0.2) is 0 Å². The highest BCUT2D eigenvalue weighted by atomic mass is 19.1. The van der Waals surface area contributed by atoms with E-state index in [2.05, 4.69) is 12.2 Å². The van der Waals surface area contributed by atoms with Crippen molar-refractivity contribution in [1.29, 1.82) is 0 Å². The Labute approximate surface area is 67.4 Å². The van der Waals surface area contributed by atoms with Gasteiger partial charge < -0.3 is 5.32 Å². The number of piperidine rings is 2. The first kappa shape index (κ1) is 7.53. The third-order valence-corrected chi connectivity index (χ3v) is 3.19. The molecule has 2 fully saturated rings. The standard InChI is InChI=1S/C9H16FN/c1-9-5-2-3-8(11-9)7(10)4-6-9/h7-8,11H,2-6H2,1H3/t7-,8-,9+/m1/s1. The molecule has 3 atom stereocenters. The average molecular weight is 157 g/mol. The molecule has 0 aromatic rings. The number of rotatable bonds is 0. The van der Waals surface area contributed by atoms with Crippen molar-refractivity contribution >= 4 is 0 Å². The zero-order valence-electron chi connectivity index (χ0n) is 7.07. The maximum absolute atomic E-state index is 13.2. The molecule has 2 heteroatoms. The summed E-state index contributed by atoms with van der Waals surface area (Å²) in [5.41, 5.74) is 0.269. The molecule has 1 nitrogen and oxygen atoms in total. The largest absolute Gasteiger partial charge is 0.306 e. The van der Waals surface area contributed by atoms with E-state index >= 15 is 0 Å². The smallest absolute Gasteiger partial charge is 0.115 e. The van der Waals surface area contributed by atoms with Crippen LogP contribution in [0.4, 0.5) is 4.39 Å². The Bertz CT molecular complexity index is 160. The van der Waals surface area contributed by atoms with Crippen LogP contribution in [0, 0.1) is 0 Å². The van der Waals surface area contributed by atoms with E-state index in [0.29, 0.717) is 0 Å². The fourth-order valence-electron chi connectivity index (χ4n) is 2.43. The van der Waals surface area contributed by atoms with Crippen LogP contribution in [-0.4, -0.2) is 17.8 Å². The van der Waals surface area contributed by atoms with Gasteiger partial charge in [-0.15, -0.1) is 0 Å². The van der Waals surface area contributed by atoms with Gasteiger partial charge in [-0.2, -0.15) is 0 Å². The monoisotopic (exact) mass is 157 g/mol. The van der Waals surface area contributed by atoms with Crippen molar-refractivity contribution in [2.45, 2.75) is 56.8 Å². The normalized spacial score (nSPS) is 50.7. The summed E-state index contributed by atoms with van der Waals surface area (Å²) in [6.45, 7) is 2.23. The van der Waals surface area contributed by atoms with E-state index in [1.807, 2.05) is 0 Å². The van der Waals surface area contributed by atoms with Gasteiger partial charge in [-0.25, -0.2) is 4.39 Å². The Hall–Kier alpha value is -0.110. The summed E-state index contributed by atoms with van der Waals surface area (Å²) < 4.78 is 13.2. The lowest BCUT2D eigenvalue weighted by Crippen LogP contribution is -2.58. The fourth-order valence-corrected chi connectivity index (χ4v) is 2.43. The van der Waals surface area contributed by atoms with Crippen LogP contribution in [0.15, 0.2) is 0 Å². The highest BCUT2D eigenvalue weighted by Crippen LogP contribution is 2.34. The molecular formula is C9H16FN. The number of nitrogens with one attached hydrogen (secondary N) is 1. The van der Waals surface area contributed by atoms with Gasteiger partial charge in [-0.1, -0.05) is 0 Å². The van der Waals surface area contributed by atoms with Crippen LogP contribution in [0.5, 0.6) is 0 Å². The van der Waals surface area contributed by atoms with Gasteiger partial charge in [0.25, 0.3) is 0 Å². The second kappa shape index (κ2) is 2.44. The molecular weight excluding hydrogens is 141 g/mol. The molecule has 0 aliphatic carbocycles. The van der Waals surface area contributed by atoms with Crippen LogP contribution in [0.25, 0.3) is 0 Å². The lowest BCUT2D eigenvalue weighted by atomic mass is 9.77. The molecule has 2 rings (SSSR count). The minimum absolute atomic E-state index is 0.169. The highest BCUT2D eigenvalue weighted by molar-refractivity contribution is 4.98. The van der Waals surface area contributed by atoms with Crippen molar-refractivity contribution in [1.82, 2.24) is 5.32 Å². The van der Waals surface area contributed by atoms with Crippen LogP contribution >= 0.6 is 0 Å². The molecule has 2 aliphatic heterocycles. The van der Waals surface area contributed by atoms with Crippen LogP contribution in [0.2, 0.25) is 0 Å². The molecule has 2 bridgehead atoms. The summed E-state index contributed by atoms with van der Waals surface area (Å²) in [4.78, 5) is 0. The molecule has 2 saturated heterocycles. The van der Waals surface area contributed by atoms with Crippen molar-refractivity contribution in [2.75, 3.05) is 0 Å². The minimum Gasteiger partial charge on any atom is -0.306 e. The lowest BCUT2D eigenvalue weighted by molar-refractivity contribution is 0.0806. The van der Waals surface area contributed by atoms with E-state index in [9.17, 15) is 4.39 Å². The topological polar surface area (TPSA) is 12.0 Å². The summed E-state index contributed by atoms with van der Waals surface area (Å²) in [6, 6.07) is 0.169. The number of fused-ring (bicyclic) bond motifs is 2.